The fourth-order valence-corrected chi connectivity index (χ4v) is 2.76. The molecule has 0 bridgehead atoms. The molecule has 0 spiro atoms. The fraction of sp³-hybridized carbons (Fsp3) is 0.353. The standard InChI is InChI=1S/C17H21ClN4/c1-3-14-8-15(9-19-14)21-12(2)17-10-22(11-20-17)16-6-4-13(18)5-7-16/h4-7,9-12,14,19,21H,3,8H2,1-2H3. The lowest BCUT2D eigenvalue weighted by molar-refractivity contribution is 0.567. The van der Waals surface area contributed by atoms with Gasteiger partial charge in [0.25, 0.3) is 0 Å². The van der Waals surface area contributed by atoms with Crippen molar-refractivity contribution in [3.05, 3.63) is 59.4 Å². The van der Waals surface area contributed by atoms with E-state index in [4.69, 9.17) is 11.6 Å². The lowest BCUT2D eigenvalue weighted by atomic mass is 10.1. The molecule has 2 atom stereocenters. The third-order valence-electron chi connectivity index (χ3n) is 4.03. The van der Waals surface area contributed by atoms with E-state index in [0.717, 1.165) is 29.2 Å². The van der Waals surface area contributed by atoms with Crippen molar-refractivity contribution in [3.63, 3.8) is 0 Å². The Morgan fingerprint density at radius 1 is 1.41 bits per heavy atom. The summed E-state index contributed by atoms with van der Waals surface area (Å²) in [5, 5.41) is 7.66. The summed E-state index contributed by atoms with van der Waals surface area (Å²) in [7, 11) is 0. The predicted molar refractivity (Wildman–Crippen MR) is 90.0 cm³/mol. The maximum Gasteiger partial charge on any atom is 0.0996 e. The van der Waals surface area contributed by atoms with Gasteiger partial charge in [-0.05, 0) is 37.6 Å². The molecule has 2 unspecified atom stereocenters. The molecule has 1 aromatic carbocycles. The molecule has 116 valence electrons. The first kappa shape index (κ1) is 15.0. The predicted octanol–water partition coefficient (Wildman–Crippen LogP) is 3.79. The van der Waals surface area contributed by atoms with Gasteiger partial charge in [0.05, 0.1) is 18.1 Å². The van der Waals surface area contributed by atoms with Crippen molar-refractivity contribution < 1.29 is 0 Å². The van der Waals surface area contributed by atoms with Gasteiger partial charge in [0.2, 0.25) is 0 Å². The Hall–Kier alpha value is -1.94. The third kappa shape index (κ3) is 3.28. The average Bonchev–Trinajstić information content (AvgIpc) is 3.17. The van der Waals surface area contributed by atoms with E-state index in [1.165, 1.54) is 5.70 Å². The summed E-state index contributed by atoms with van der Waals surface area (Å²) >= 11 is 5.93. The Balaban J connectivity index is 1.67. The SMILES string of the molecule is CCC1CC(NC(C)c2cn(-c3ccc(Cl)cc3)cn2)=CN1. The van der Waals surface area contributed by atoms with Gasteiger partial charge in [-0.15, -0.1) is 0 Å². The van der Waals surface area contributed by atoms with Gasteiger partial charge in [0, 0.05) is 41.3 Å². The lowest BCUT2D eigenvalue weighted by Crippen LogP contribution is -2.20. The summed E-state index contributed by atoms with van der Waals surface area (Å²) in [6.45, 7) is 4.33. The van der Waals surface area contributed by atoms with Crippen LogP contribution in [0, 0.1) is 0 Å². The lowest BCUT2D eigenvalue weighted by Gasteiger charge is -2.14. The highest BCUT2D eigenvalue weighted by atomic mass is 35.5. The highest BCUT2D eigenvalue weighted by Gasteiger charge is 2.17. The van der Waals surface area contributed by atoms with Crippen molar-refractivity contribution in [3.8, 4) is 5.69 Å². The monoisotopic (exact) mass is 316 g/mol. The number of imidazole rings is 1. The van der Waals surface area contributed by atoms with Crippen LogP contribution >= 0.6 is 11.6 Å². The Morgan fingerprint density at radius 2 is 2.18 bits per heavy atom. The summed E-state index contributed by atoms with van der Waals surface area (Å²) < 4.78 is 2.01. The van der Waals surface area contributed by atoms with E-state index in [2.05, 4.69) is 41.9 Å². The number of benzene rings is 1. The molecule has 1 aliphatic rings. The number of nitrogens with one attached hydrogen (secondary N) is 2. The van der Waals surface area contributed by atoms with Gasteiger partial charge < -0.3 is 15.2 Å². The van der Waals surface area contributed by atoms with Crippen molar-refractivity contribution in [2.75, 3.05) is 0 Å². The van der Waals surface area contributed by atoms with E-state index in [1.807, 2.05) is 35.2 Å². The van der Waals surface area contributed by atoms with E-state index in [-0.39, 0.29) is 6.04 Å². The zero-order chi connectivity index (χ0) is 15.5. The molecule has 2 heterocycles. The quantitative estimate of drug-likeness (QED) is 0.882. The first-order chi connectivity index (χ1) is 10.7. The van der Waals surface area contributed by atoms with Gasteiger partial charge in [0.1, 0.15) is 0 Å². The third-order valence-corrected chi connectivity index (χ3v) is 4.28. The maximum absolute atomic E-state index is 5.93. The zero-order valence-corrected chi connectivity index (χ0v) is 13.6. The first-order valence-corrected chi connectivity index (χ1v) is 8.05. The molecule has 0 radical (unpaired) electrons. The summed E-state index contributed by atoms with van der Waals surface area (Å²) in [6, 6.07) is 8.48. The minimum absolute atomic E-state index is 0.178. The Kier molecular flexibility index (Phi) is 4.39. The minimum Gasteiger partial charge on any atom is -0.386 e. The molecule has 4 nitrogen and oxygen atoms in total. The average molecular weight is 317 g/mol. The number of hydrogen-bond acceptors (Lipinski definition) is 3. The molecule has 2 aromatic rings. The summed E-state index contributed by atoms with van der Waals surface area (Å²) in [5.41, 5.74) is 3.33. The van der Waals surface area contributed by atoms with Crippen molar-refractivity contribution in [2.45, 2.75) is 38.8 Å². The molecule has 1 aromatic heterocycles. The molecule has 0 fully saturated rings. The van der Waals surface area contributed by atoms with E-state index < -0.39 is 0 Å². The van der Waals surface area contributed by atoms with Crippen LogP contribution < -0.4 is 10.6 Å². The van der Waals surface area contributed by atoms with Crippen molar-refractivity contribution >= 4 is 11.6 Å². The molecular formula is C17H21ClN4. The fourth-order valence-electron chi connectivity index (χ4n) is 2.63. The number of aromatic nitrogens is 2. The van der Waals surface area contributed by atoms with Crippen LogP contribution in [-0.2, 0) is 0 Å². The molecule has 22 heavy (non-hydrogen) atoms. The van der Waals surface area contributed by atoms with Crippen LogP contribution in [0.1, 0.15) is 38.4 Å². The highest BCUT2D eigenvalue weighted by molar-refractivity contribution is 6.30. The van der Waals surface area contributed by atoms with Crippen LogP contribution in [0.25, 0.3) is 5.69 Å². The van der Waals surface area contributed by atoms with Crippen LogP contribution in [0.5, 0.6) is 0 Å². The van der Waals surface area contributed by atoms with Gasteiger partial charge in [-0.2, -0.15) is 0 Å². The summed E-state index contributed by atoms with van der Waals surface area (Å²) in [4.78, 5) is 4.52. The second-order valence-electron chi connectivity index (χ2n) is 5.69. The van der Waals surface area contributed by atoms with Crippen molar-refractivity contribution in [1.29, 1.82) is 0 Å². The maximum atomic E-state index is 5.93. The van der Waals surface area contributed by atoms with Crippen LogP contribution in [0.15, 0.2) is 48.7 Å². The van der Waals surface area contributed by atoms with Crippen molar-refractivity contribution in [2.24, 2.45) is 0 Å². The molecule has 0 saturated heterocycles. The number of halogens is 1. The van der Waals surface area contributed by atoms with Gasteiger partial charge in [-0.3, -0.25) is 0 Å². The zero-order valence-electron chi connectivity index (χ0n) is 12.9. The molecule has 0 aliphatic carbocycles. The molecule has 0 amide bonds. The highest BCUT2D eigenvalue weighted by Crippen LogP contribution is 2.19. The normalized spacial score (nSPS) is 18.7. The molecule has 0 saturated carbocycles. The Bertz CT molecular complexity index is 660. The van der Waals surface area contributed by atoms with E-state index in [1.54, 1.807) is 0 Å². The first-order valence-electron chi connectivity index (χ1n) is 7.67. The Labute approximate surface area is 136 Å². The smallest absolute Gasteiger partial charge is 0.0996 e. The topological polar surface area (TPSA) is 41.9 Å². The van der Waals surface area contributed by atoms with Crippen LogP contribution in [0.3, 0.4) is 0 Å². The van der Waals surface area contributed by atoms with E-state index in [9.17, 15) is 0 Å². The van der Waals surface area contributed by atoms with E-state index in [0.29, 0.717) is 6.04 Å². The molecular weight excluding hydrogens is 296 g/mol. The van der Waals surface area contributed by atoms with Gasteiger partial charge in [0.15, 0.2) is 0 Å². The molecule has 2 N–H and O–H groups in total. The molecule has 1 aliphatic heterocycles. The van der Waals surface area contributed by atoms with Gasteiger partial charge in [-0.1, -0.05) is 18.5 Å². The summed E-state index contributed by atoms with van der Waals surface area (Å²) in [6.07, 6.45) is 8.18. The second kappa shape index (κ2) is 6.44. The largest absolute Gasteiger partial charge is 0.386 e. The van der Waals surface area contributed by atoms with Crippen LogP contribution in [0.2, 0.25) is 5.02 Å². The minimum atomic E-state index is 0.178. The number of nitrogens with zero attached hydrogens (tertiary/aromatic N) is 2. The molecule has 5 heteroatoms. The van der Waals surface area contributed by atoms with Crippen molar-refractivity contribution in [1.82, 2.24) is 20.2 Å². The number of hydrogen-bond donors (Lipinski definition) is 2. The van der Waals surface area contributed by atoms with Crippen LogP contribution in [0.4, 0.5) is 0 Å². The Morgan fingerprint density at radius 3 is 2.86 bits per heavy atom. The van der Waals surface area contributed by atoms with Crippen LogP contribution in [-0.4, -0.2) is 15.6 Å². The van der Waals surface area contributed by atoms with E-state index >= 15 is 0 Å². The summed E-state index contributed by atoms with van der Waals surface area (Å²) in [5.74, 6) is 0. The second-order valence-corrected chi connectivity index (χ2v) is 6.13. The van der Waals surface area contributed by atoms with Gasteiger partial charge >= 0.3 is 0 Å². The molecule has 3 rings (SSSR count). The van der Waals surface area contributed by atoms with Gasteiger partial charge in [-0.25, -0.2) is 4.98 Å². The number of rotatable bonds is 5.